The van der Waals surface area contributed by atoms with Crippen molar-refractivity contribution in [2.45, 2.75) is 20.3 Å². The summed E-state index contributed by atoms with van der Waals surface area (Å²) in [5.41, 5.74) is 0.853. The molecule has 5 heteroatoms. The molecule has 0 bridgehead atoms. The topological polar surface area (TPSA) is 43.1 Å². The predicted octanol–water partition coefficient (Wildman–Crippen LogP) is 4.77. The van der Waals surface area contributed by atoms with Gasteiger partial charge in [0.2, 0.25) is 5.70 Å². The zero-order valence-electron chi connectivity index (χ0n) is 9.61. The Kier molecular flexibility index (Phi) is 5.15. The zero-order chi connectivity index (χ0) is 13.0. The number of rotatable bonds is 4. The van der Waals surface area contributed by atoms with E-state index in [4.69, 9.17) is 11.6 Å². The summed E-state index contributed by atoms with van der Waals surface area (Å²) < 4.78 is 0.853. The molecule has 0 unspecified atom stereocenters. The van der Waals surface area contributed by atoms with Crippen molar-refractivity contribution in [3.63, 3.8) is 0 Å². The molecule has 0 saturated heterocycles. The molecule has 0 aliphatic rings. The molecular weight excluding hydrogens is 305 g/mol. The van der Waals surface area contributed by atoms with Crippen LogP contribution in [0.2, 0.25) is 5.02 Å². The first-order chi connectivity index (χ1) is 7.90. The van der Waals surface area contributed by atoms with Crippen molar-refractivity contribution in [1.29, 1.82) is 0 Å². The zero-order valence-corrected chi connectivity index (χ0v) is 12.0. The number of allylic oxidation sites excluding steroid dienone is 1. The van der Waals surface area contributed by atoms with Crippen molar-refractivity contribution in [2.75, 3.05) is 0 Å². The highest BCUT2D eigenvalue weighted by Crippen LogP contribution is 2.25. The summed E-state index contributed by atoms with van der Waals surface area (Å²) >= 11 is 9.31. The fourth-order valence-corrected chi connectivity index (χ4v) is 2.13. The maximum atomic E-state index is 10.9. The molecule has 1 rings (SSSR count). The van der Waals surface area contributed by atoms with Crippen molar-refractivity contribution in [1.82, 2.24) is 0 Å². The first kappa shape index (κ1) is 14.2. The monoisotopic (exact) mass is 317 g/mol. The molecule has 0 amide bonds. The van der Waals surface area contributed by atoms with Gasteiger partial charge in [0.25, 0.3) is 0 Å². The Labute approximate surface area is 114 Å². The normalized spacial score (nSPS) is 11.9. The molecule has 0 heterocycles. The predicted molar refractivity (Wildman–Crippen MR) is 73.6 cm³/mol. The van der Waals surface area contributed by atoms with E-state index in [0.29, 0.717) is 17.0 Å². The highest BCUT2D eigenvalue weighted by molar-refractivity contribution is 9.10. The third kappa shape index (κ3) is 4.48. The van der Waals surface area contributed by atoms with Crippen LogP contribution in [0.25, 0.3) is 6.08 Å². The number of nitrogens with zero attached hydrogens (tertiary/aromatic N) is 1. The van der Waals surface area contributed by atoms with Gasteiger partial charge in [0.05, 0.1) is 4.92 Å². The van der Waals surface area contributed by atoms with Gasteiger partial charge in [-0.1, -0.05) is 47.4 Å². The molecule has 0 saturated carbocycles. The highest BCUT2D eigenvalue weighted by Gasteiger charge is 2.13. The Morgan fingerprint density at radius 1 is 1.59 bits per heavy atom. The first-order valence-corrected chi connectivity index (χ1v) is 6.37. The smallest absolute Gasteiger partial charge is 0.247 e. The summed E-state index contributed by atoms with van der Waals surface area (Å²) in [6, 6.07) is 5.29. The SMILES string of the molecule is CC(C)C/C(=C/c1ccc(Br)cc1Cl)[N+](=O)[O-]. The van der Waals surface area contributed by atoms with Gasteiger partial charge < -0.3 is 0 Å². The largest absolute Gasteiger partial charge is 0.259 e. The first-order valence-electron chi connectivity index (χ1n) is 5.20. The lowest BCUT2D eigenvalue weighted by atomic mass is 10.1. The van der Waals surface area contributed by atoms with Crippen LogP contribution in [0.1, 0.15) is 25.8 Å². The van der Waals surface area contributed by atoms with Crippen molar-refractivity contribution in [3.05, 3.63) is 49.1 Å². The lowest BCUT2D eigenvalue weighted by Gasteiger charge is -2.03. The van der Waals surface area contributed by atoms with E-state index >= 15 is 0 Å². The van der Waals surface area contributed by atoms with Crippen LogP contribution >= 0.6 is 27.5 Å². The number of halogens is 2. The van der Waals surface area contributed by atoms with Crippen molar-refractivity contribution in [3.8, 4) is 0 Å². The Hall–Kier alpha value is -0.870. The lowest BCUT2D eigenvalue weighted by Crippen LogP contribution is -2.02. The molecular formula is C12H13BrClNO2. The molecule has 0 spiro atoms. The number of benzene rings is 1. The van der Waals surface area contributed by atoms with Crippen LogP contribution in [-0.2, 0) is 0 Å². The molecule has 92 valence electrons. The molecule has 1 aromatic rings. The molecule has 1 aromatic carbocycles. The van der Waals surface area contributed by atoms with Gasteiger partial charge in [0, 0.05) is 22.0 Å². The van der Waals surface area contributed by atoms with E-state index in [-0.39, 0.29) is 16.5 Å². The minimum absolute atomic E-state index is 0.184. The Balaban J connectivity index is 3.08. The van der Waals surface area contributed by atoms with Crippen LogP contribution in [0.15, 0.2) is 28.4 Å². The lowest BCUT2D eigenvalue weighted by molar-refractivity contribution is -0.427. The van der Waals surface area contributed by atoms with Crippen molar-refractivity contribution < 1.29 is 4.92 Å². The highest BCUT2D eigenvalue weighted by atomic mass is 79.9. The fourth-order valence-electron chi connectivity index (χ4n) is 1.40. The molecule has 0 fully saturated rings. The van der Waals surface area contributed by atoms with E-state index in [1.54, 1.807) is 12.1 Å². The Morgan fingerprint density at radius 3 is 2.71 bits per heavy atom. The van der Waals surface area contributed by atoms with E-state index in [1.807, 2.05) is 19.9 Å². The standard InChI is InChI=1S/C12H13BrClNO2/c1-8(2)5-11(15(16)17)6-9-3-4-10(13)7-12(9)14/h3-4,6-8H,5H2,1-2H3/b11-6-. The quantitative estimate of drug-likeness (QED) is 0.593. The summed E-state index contributed by atoms with van der Waals surface area (Å²) in [4.78, 5) is 10.6. The fraction of sp³-hybridized carbons (Fsp3) is 0.333. The molecule has 0 aliphatic carbocycles. The third-order valence-electron chi connectivity index (χ3n) is 2.14. The van der Waals surface area contributed by atoms with Crippen LogP contribution in [0.5, 0.6) is 0 Å². The number of hydrogen-bond acceptors (Lipinski definition) is 2. The maximum Gasteiger partial charge on any atom is 0.247 e. The maximum absolute atomic E-state index is 10.9. The van der Waals surface area contributed by atoms with Crippen molar-refractivity contribution >= 4 is 33.6 Å². The molecule has 3 nitrogen and oxygen atoms in total. The second-order valence-electron chi connectivity index (χ2n) is 4.16. The Morgan fingerprint density at radius 2 is 2.24 bits per heavy atom. The minimum Gasteiger partial charge on any atom is -0.259 e. The van der Waals surface area contributed by atoms with Gasteiger partial charge >= 0.3 is 0 Å². The van der Waals surface area contributed by atoms with Gasteiger partial charge in [-0.3, -0.25) is 10.1 Å². The van der Waals surface area contributed by atoms with E-state index in [1.165, 1.54) is 6.08 Å². The van der Waals surface area contributed by atoms with Gasteiger partial charge in [0.1, 0.15) is 0 Å². The van der Waals surface area contributed by atoms with Crippen LogP contribution < -0.4 is 0 Å². The second-order valence-corrected chi connectivity index (χ2v) is 5.48. The van der Waals surface area contributed by atoms with Crippen LogP contribution in [-0.4, -0.2) is 4.92 Å². The van der Waals surface area contributed by atoms with E-state index in [0.717, 1.165) is 4.47 Å². The molecule has 0 aliphatic heterocycles. The van der Waals surface area contributed by atoms with Crippen LogP contribution in [0.4, 0.5) is 0 Å². The van der Waals surface area contributed by atoms with Gasteiger partial charge in [-0.05, 0) is 23.6 Å². The summed E-state index contributed by atoms with van der Waals surface area (Å²) in [5.74, 6) is 0.237. The summed E-state index contributed by atoms with van der Waals surface area (Å²) in [7, 11) is 0. The van der Waals surface area contributed by atoms with Crippen LogP contribution in [0, 0.1) is 16.0 Å². The Bertz CT molecular complexity index is 458. The van der Waals surface area contributed by atoms with Gasteiger partial charge in [-0.2, -0.15) is 0 Å². The summed E-state index contributed by atoms with van der Waals surface area (Å²) in [6.45, 7) is 3.89. The summed E-state index contributed by atoms with van der Waals surface area (Å²) in [5, 5.41) is 11.4. The van der Waals surface area contributed by atoms with Gasteiger partial charge in [-0.15, -0.1) is 0 Å². The number of hydrogen-bond donors (Lipinski definition) is 0. The van der Waals surface area contributed by atoms with Gasteiger partial charge in [-0.25, -0.2) is 0 Å². The summed E-state index contributed by atoms with van der Waals surface area (Å²) in [6.07, 6.45) is 1.97. The molecule has 0 N–H and O–H groups in total. The average Bonchev–Trinajstić information content (AvgIpc) is 2.19. The molecule has 17 heavy (non-hydrogen) atoms. The van der Waals surface area contributed by atoms with Crippen LogP contribution in [0.3, 0.4) is 0 Å². The van der Waals surface area contributed by atoms with E-state index in [2.05, 4.69) is 15.9 Å². The number of nitro groups is 1. The minimum atomic E-state index is -0.349. The third-order valence-corrected chi connectivity index (χ3v) is 2.96. The average molecular weight is 319 g/mol. The van der Waals surface area contributed by atoms with Gasteiger partial charge in [0.15, 0.2) is 0 Å². The molecule has 0 radical (unpaired) electrons. The van der Waals surface area contributed by atoms with E-state index in [9.17, 15) is 10.1 Å². The molecule has 0 aromatic heterocycles. The molecule has 0 atom stereocenters. The second kappa shape index (κ2) is 6.17. The van der Waals surface area contributed by atoms with Crippen molar-refractivity contribution in [2.24, 2.45) is 5.92 Å². The van der Waals surface area contributed by atoms with E-state index < -0.39 is 0 Å².